The van der Waals surface area contributed by atoms with Gasteiger partial charge in [0.1, 0.15) is 0 Å². The molecule has 0 amide bonds. The van der Waals surface area contributed by atoms with Gasteiger partial charge in [0, 0.05) is 22.2 Å². The van der Waals surface area contributed by atoms with Crippen LogP contribution in [0.2, 0.25) is 0 Å². The van der Waals surface area contributed by atoms with E-state index in [2.05, 4.69) is 35.0 Å². The average molecular weight is 235 g/mol. The van der Waals surface area contributed by atoms with E-state index in [9.17, 15) is 0 Å². The Morgan fingerprint density at radius 1 is 1.27 bits per heavy atom. The predicted octanol–water partition coefficient (Wildman–Crippen LogP) is 3.82. The molecule has 3 heteroatoms. The molecule has 2 heterocycles. The maximum Gasteiger partial charge on any atom is 0.0359 e. The Balaban J connectivity index is 1.84. The third-order valence-electron chi connectivity index (χ3n) is 2.75. The Hall–Kier alpha value is -0.670. The van der Waals surface area contributed by atoms with Crippen molar-refractivity contribution in [1.29, 1.82) is 0 Å². The minimum Gasteiger partial charge on any atom is -0.381 e. The van der Waals surface area contributed by atoms with Gasteiger partial charge >= 0.3 is 0 Å². The largest absolute Gasteiger partial charge is 0.381 e. The number of fused-ring (bicyclic) bond motifs is 1. The van der Waals surface area contributed by atoms with Gasteiger partial charge < -0.3 is 5.32 Å². The number of benzene rings is 1. The van der Waals surface area contributed by atoms with Crippen LogP contribution >= 0.6 is 23.1 Å². The van der Waals surface area contributed by atoms with Crippen LogP contribution < -0.4 is 5.32 Å². The Morgan fingerprint density at radius 2 is 2.27 bits per heavy atom. The Morgan fingerprint density at radius 3 is 3.13 bits per heavy atom. The van der Waals surface area contributed by atoms with Crippen LogP contribution in [0.3, 0.4) is 0 Å². The van der Waals surface area contributed by atoms with E-state index in [0.29, 0.717) is 6.04 Å². The van der Waals surface area contributed by atoms with Crippen LogP contribution in [0.15, 0.2) is 29.6 Å². The molecule has 1 atom stereocenters. The standard InChI is InChI=1S/C12H13NS2/c1-2-12-9(3-6-15-12)7-10(1)13-11-4-5-14-8-11/h1-3,6-7,11,13H,4-5,8H2. The molecule has 1 unspecified atom stereocenters. The Bertz CT molecular complexity index is 457. The number of rotatable bonds is 2. The molecule has 1 saturated heterocycles. The molecule has 1 N–H and O–H groups in total. The maximum atomic E-state index is 3.61. The summed E-state index contributed by atoms with van der Waals surface area (Å²) in [7, 11) is 0. The number of anilines is 1. The smallest absolute Gasteiger partial charge is 0.0359 e. The van der Waals surface area contributed by atoms with Crippen molar-refractivity contribution in [2.45, 2.75) is 12.5 Å². The summed E-state index contributed by atoms with van der Waals surface area (Å²) < 4.78 is 1.38. The Kier molecular flexibility index (Phi) is 2.59. The molecule has 1 aromatic heterocycles. The molecule has 1 aliphatic heterocycles. The second kappa shape index (κ2) is 4.06. The topological polar surface area (TPSA) is 12.0 Å². The third kappa shape index (κ3) is 1.99. The highest BCUT2D eigenvalue weighted by Gasteiger charge is 2.14. The Labute approximate surface area is 97.9 Å². The molecule has 0 radical (unpaired) electrons. The van der Waals surface area contributed by atoms with Crippen molar-refractivity contribution in [1.82, 2.24) is 0 Å². The van der Waals surface area contributed by atoms with Crippen LogP contribution in [0.4, 0.5) is 5.69 Å². The van der Waals surface area contributed by atoms with Crippen LogP contribution in [0.1, 0.15) is 6.42 Å². The first-order valence-corrected chi connectivity index (χ1v) is 7.27. The van der Waals surface area contributed by atoms with Crippen molar-refractivity contribution in [3.63, 3.8) is 0 Å². The molecule has 1 nitrogen and oxygen atoms in total. The van der Waals surface area contributed by atoms with Gasteiger partial charge in [0.2, 0.25) is 0 Å². The zero-order chi connectivity index (χ0) is 10.1. The quantitative estimate of drug-likeness (QED) is 0.849. The van der Waals surface area contributed by atoms with Crippen molar-refractivity contribution in [3.05, 3.63) is 29.6 Å². The molecular formula is C12H13NS2. The fourth-order valence-corrected chi connectivity index (χ4v) is 3.86. The van der Waals surface area contributed by atoms with Gasteiger partial charge in [-0.2, -0.15) is 11.8 Å². The van der Waals surface area contributed by atoms with Crippen molar-refractivity contribution < 1.29 is 0 Å². The highest BCUT2D eigenvalue weighted by molar-refractivity contribution is 7.99. The van der Waals surface area contributed by atoms with E-state index in [4.69, 9.17) is 0 Å². The van der Waals surface area contributed by atoms with Gasteiger partial charge in [0.15, 0.2) is 0 Å². The summed E-state index contributed by atoms with van der Waals surface area (Å²) >= 11 is 3.85. The van der Waals surface area contributed by atoms with Crippen molar-refractivity contribution in [2.24, 2.45) is 0 Å². The fourth-order valence-electron chi connectivity index (χ4n) is 1.94. The van der Waals surface area contributed by atoms with Gasteiger partial charge in [-0.15, -0.1) is 11.3 Å². The maximum absolute atomic E-state index is 3.61. The van der Waals surface area contributed by atoms with E-state index < -0.39 is 0 Å². The average Bonchev–Trinajstić information content (AvgIpc) is 2.87. The van der Waals surface area contributed by atoms with Gasteiger partial charge in [-0.05, 0) is 47.2 Å². The first-order valence-electron chi connectivity index (χ1n) is 5.23. The van der Waals surface area contributed by atoms with Crippen LogP contribution in [-0.4, -0.2) is 17.5 Å². The second-order valence-electron chi connectivity index (χ2n) is 3.88. The number of hydrogen-bond donors (Lipinski definition) is 1. The van der Waals surface area contributed by atoms with E-state index in [-0.39, 0.29) is 0 Å². The van der Waals surface area contributed by atoms with Crippen LogP contribution in [0.25, 0.3) is 10.1 Å². The summed E-state index contributed by atoms with van der Waals surface area (Å²) in [5.74, 6) is 2.56. The third-order valence-corrected chi connectivity index (χ3v) is 4.81. The molecule has 1 aromatic carbocycles. The summed E-state index contributed by atoms with van der Waals surface area (Å²) in [5, 5.41) is 7.12. The van der Waals surface area contributed by atoms with E-state index in [1.54, 1.807) is 11.3 Å². The fraction of sp³-hybridized carbons (Fsp3) is 0.333. The molecule has 0 spiro atoms. The van der Waals surface area contributed by atoms with Crippen molar-refractivity contribution >= 4 is 38.9 Å². The van der Waals surface area contributed by atoms with E-state index in [0.717, 1.165) is 0 Å². The monoisotopic (exact) mass is 235 g/mol. The minimum absolute atomic E-state index is 0.672. The van der Waals surface area contributed by atoms with Gasteiger partial charge in [-0.1, -0.05) is 0 Å². The molecule has 0 saturated carbocycles. The molecule has 1 aliphatic rings. The lowest BCUT2D eigenvalue weighted by atomic mass is 10.2. The normalized spacial score (nSPS) is 20.9. The molecule has 1 fully saturated rings. The molecule has 0 bridgehead atoms. The van der Waals surface area contributed by atoms with Gasteiger partial charge in [0.25, 0.3) is 0 Å². The van der Waals surface area contributed by atoms with E-state index in [1.165, 1.54) is 33.7 Å². The van der Waals surface area contributed by atoms with Crippen LogP contribution in [-0.2, 0) is 0 Å². The summed E-state index contributed by atoms with van der Waals surface area (Å²) in [5.41, 5.74) is 1.27. The molecule has 15 heavy (non-hydrogen) atoms. The highest BCUT2D eigenvalue weighted by atomic mass is 32.2. The zero-order valence-electron chi connectivity index (χ0n) is 8.40. The molecule has 3 rings (SSSR count). The first-order chi connectivity index (χ1) is 7.42. The SMILES string of the molecule is c1cc2cc(NC3CCSC3)ccc2s1. The summed E-state index contributed by atoms with van der Waals surface area (Å²) in [4.78, 5) is 0. The number of nitrogens with one attached hydrogen (secondary N) is 1. The summed E-state index contributed by atoms with van der Waals surface area (Å²) in [6.45, 7) is 0. The minimum atomic E-state index is 0.672. The van der Waals surface area contributed by atoms with Gasteiger partial charge in [-0.3, -0.25) is 0 Å². The first kappa shape index (κ1) is 9.55. The molecule has 2 aromatic rings. The number of thioether (sulfide) groups is 1. The van der Waals surface area contributed by atoms with Crippen molar-refractivity contribution in [2.75, 3.05) is 16.8 Å². The van der Waals surface area contributed by atoms with E-state index >= 15 is 0 Å². The lowest BCUT2D eigenvalue weighted by molar-refractivity contribution is 0.813. The second-order valence-corrected chi connectivity index (χ2v) is 5.98. The van der Waals surface area contributed by atoms with Gasteiger partial charge in [-0.25, -0.2) is 0 Å². The lowest BCUT2D eigenvalue weighted by Gasteiger charge is -2.12. The lowest BCUT2D eigenvalue weighted by Crippen LogP contribution is -2.17. The summed E-state index contributed by atoms with van der Waals surface area (Å²) in [6, 6.07) is 9.53. The molecule has 0 aliphatic carbocycles. The summed E-state index contributed by atoms with van der Waals surface area (Å²) in [6.07, 6.45) is 1.30. The molecular weight excluding hydrogens is 222 g/mol. The predicted molar refractivity (Wildman–Crippen MR) is 71.2 cm³/mol. The number of thiophene rings is 1. The van der Waals surface area contributed by atoms with E-state index in [1.807, 2.05) is 11.8 Å². The molecule has 78 valence electrons. The number of hydrogen-bond acceptors (Lipinski definition) is 3. The van der Waals surface area contributed by atoms with Crippen molar-refractivity contribution in [3.8, 4) is 0 Å². The van der Waals surface area contributed by atoms with Crippen LogP contribution in [0, 0.1) is 0 Å². The van der Waals surface area contributed by atoms with Gasteiger partial charge in [0.05, 0.1) is 0 Å². The highest BCUT2D eigenvalue weighted by Crippen LogP contribution is 2.26. The zero-order valence-corrected chi connectivity index (χ0v) is 10.0. The van der Waals surface area contributed by atoms with Crippen LogP contribution in [0.5, 0.6) is 0 Å².